The Labute approximate surface area is 110 Å². The van der Waals surface area contributed by atoms with Gasteiger partial charge in [-0.05, 0) is 35.0 Å². The predicted octanol–water partition coefficient (Wildman–Crippen LogP) is 3.06. The summed E-state index contributed by atoms with van der Waals surface area (Å²) in [4.78, 5) is 13.4. The Morgan fingerprint density at radius 3 is 2.59 bits per heavy atom. The number of carbonyl (C=O) groups is 1. The van der Waals surface area contributed by atoms with Crippen molar-refractivity contribution in [2.24, 2.45) is 0 Å². The van der Waals surface area contributed by atoms with Gasteiger partial charge < -0.3 is 9.47 Å². The minimum Gasteiger partial charge on any atom is -0.452 e. The number of anilines is 1. The van der Waals surface area contributed by atoms with Gasteiger partial charge in [0.05, 0.1) is 25.4 Å². The molecule has 0 spiro atoms. The summed E-state index contributed by atoms with van der Waals surface area (Å²) in [7, 11) is 2.97. The third-order valence-electron chi connectivity index (χ3n) is 2.33. The molecule has 0 saturated carbocycles. The molecule has 1 amide bonds. The molecule has 0 aliphatic rings. The number of halogens is 1. The normalized spacial score (nSPS) is 12.0. The average Bonchev–Trinajstić information content (AvgIpc) is 2.32. The first-order valence-electron chi connectivity index (χ1n) is 5.22. The second-order valence-corrected chi connectivity index (χ2v) is 4.45. The largest absolute Gasteiger partial charge is 0.452 e. The van der Waals surface area contributed by atoms with Crippen LogP contribution >= 0.6 is 15.9 Å². The Balaban J connectivity index is 3.06. The molecule has 0 saturated heterocycles. The number of amides is 1. The van der Waals surface area contributed by atoms with Gasteiger partial charge in [0.2, 0.25) is 0 Å². The third-order valence-corrected chi connectivity index (χ3v) is 3.00. The molecular formula is C12H16BrNO3. The maximum Gasteiger partial charge on any atom is 0.414 e. The number of hydrogen-bond donors (Lipinski definition) is 0. The maximum absolute atomic E-state index is 11.8. The standard InChI is InChI=1S/C12H16BrNO3/c1-9(8-16-2)14(12(15)17-3)11-7-5-4-6-10(11)13/h4-7,9H,8H2,1-3H3/t9-/m0/s1. The molecule has 4 nitrogen and oxygen atoms in total. The van der Waals surface area contributed by atoms with Gasteiger partial charge >= 0.3 is 6.09 Å². The van der Waals surface area contributed by atoms with Crippen molar-refractivity contribution in [1.29, 1.82) is 0 Å². The average molecular weight is 302 g/mol. The van der Waals surface area contributed by atoms with E-state index in [0.717, 1.165) is 10.2 Å². The van der Waals surface area contributed by atoms with Crippen LogP contribution in [0.2, 0.25) is 0 Å². The van der Waals surface area contributed by atoms with Gasteiger partial charge in [0, 0.05) is 11.6 Å². The molecule has 0 fully saturated rings. The first kappa shape index (κ1) is 14.0. The van der Waals surface area contributed by atoms with E-state index >= 15 is 0 Å². The number of ether oxygens (including phenoxy) is 2. The number of benzene rings is 1. The van der Waals surface area contributed by atoms with Gasteiger partial charge in [-0.1, -0.05) is 12.1 Å². The second-order valence-electron chi connectivity index (χ2n) is 3.60. The van der Waals surface area contributed by atoms with Crippen molar-refractivity contribution in [3.8, 4) is 0 Å². The molecule has 0 N–H and O–H groups in total. The Bertz CT molecular complexity index is 384. The van der Waals surface area contributed by atoms with Crippen molar-refractivity contribution in [1.82, 2.24) is 0 Å². The predicted molar refractivity (Wildman–Crippen MR) is 70.4 cm³/mol. The van der Waals surface area contributed by atoms with E-state index < -0.39 is 6.09 Å². The Morgan fingerprint density at radius 1 is 1.41 bits per heavy atom. The zero-order chi connectivity index (χ0) is 12.8. The first-order valence-corrected chi connectivity index (χ1v) is 6.01. The highest BCUT2D eigenvalue weighted by atomic mass is 79.9. The van der Waals surface area contributed by atoms with Crippen molar-refractivity contribution in [3.05, 3.63) is 28.7 Å². The summed E-state index contributed by atoms with van der Waals surface area (Å²) >= 11 is 3.42. The van der Waals surface area contributed by atoms with Gasteiger partial charge in [0.1, 0.15) is 0 Å². The molecule has 0 bridgehead atoms. The van der Waals surface area contributed by atoms with E-state index in [1.165, 1.54) is 7.11 Å². The highest BCUT2D eigenvalue weighted by Crippen LogP contribution is 2.27. The van der Waals surface area contributed by atoms with Crippen LogP contribution in [0.15, 0.2) is 28.7 Å². The minimum absolute atomic E-state index is 0.105. The lowest BCUT2D eigenvalue weighted by molar-refractivity contribution is 0.157. The number of carbonyl (C=O) groups excluding carboxylic acids is 1. The van der Waals surface area contributed by atoms with Crippen LogP contribution in [0.3, 0.4) is 0 Å². The third kappa shape index (κ3) is 3.44. The van der Waals surface area contributed by atoms with Crippen LogP contribution in [-0.4, -0.2) is 33.0 Å². The topological polar surface area (TPSA) is 38.8 Å². The van der Waals surface area contributed by atoms with Gasteiger partial charge in [-0.25, -0.2) is 4.79 Å². The molecule has 0 aliphatic heterocycles. The zero-order valence-corrected chi connectivity index (χ0v) is 11.7. The first-order chi connectivity index (χ1) is 8.11. The van der Waals surface area contributed by atoms with Crippen LogP contribution in [-0.2, 0) is 9.47 Å². The molecular weight excluding hydrogens is 286 g/mol. The molecule has 1 aromatic carbocycles. The molecule has 0 aromatic heterocycles. The summed E-state index contributed by atoms with van der Waals surface area (Å²) in [6.45, 7) is 2.34. The Hall–Kier alpha value is -1.07. The number of para-hydroxylation sites is 1. The van der Waals surface area contributed by atoms with E-state index in [2.05, 4.69) is 15.9 Å². The highest BCUT2D eigenvalue weighted by molar-refractivity contribution is 9.10. The fraction of sp³-hybridized carbons (Fsp3) is 0.417. The maximum atomic E-state index is 11.8. The van der Waals surface area contributed by atoms with Crippen molar-refractivity contribution < 1.29 is 14.3 Å². The van der Waals surface area contributed by atoms with Gasteiger partial charge in [-0.3, -0.25) is 4.90 Å². The quantitative estimate of drug-likeness (QED) is 0.858. The highest BCUT2D eigenvalue weighted by Gasteiger charge is 2.24. The molecule has 94 valence electrons. The lowest BCUT2D eigenvalue weighted by Gasteiger charge is -2.28. The van der Waals surface area contributed by atoms with E-state index in [1.807, 2.05) is 31.2 Å². The summed E-state index contributed by atoms with van der Waals surface area (Å²) in [5, 5.41) is 0. The zero-order valence-electron chi connectivity index (χ0n) is 10.1. The molecule has 1 atom stereocenters. The number of hydrogen-bond acceptors (Lipinski definition) is 3. The summed E-state index contributed by atoms with van der Waals surface area (Å²) in [5.41, 5.74) is 0.768. The molecule has 1 aromatic rings. The van der Waals surface area contributed by atoms with Gasteiger partial charge in [-0.15, -0.1) is 0 Å². The summed E-state index contributed by atoms with van der Waals surface area (Å²) in [5.74, 6) is 0. The summed E-state index contributed by atoms with van der Waals surface area (Å²) in [6, 6.07) is 7.39. The van der Waals surface area contributed by atoms with Crippen LogP contribution in [0.25, 0.3) is 0 Å². The number of nitrogens with zero attached hydrogens (tertiary/aromatic N) is 1. The smallest absolute Gasteiger partial charge is 0.414 e. The summed E-state index contributed by atoms with van der Waals surface area (Å²) in [6.07, 6.45) is -0.401. The molecule has 17 heavy (non-hydrogen) atoms. The van der Waals surface area contributed by atoms with Gasteiger partial charge in [0.15, 0.2) is 0 Å². The fourth-order valence-electron chi connectivity index (χ4n) is 1.58. The molecule has 0 unspecified atom stereocenters. The van der Waals surface area contributed by atoms with Crippen LogP contribution in [0.5, 0.6) is 0 Å². The van der Waals surface area contributed by atoms with Crippen LogP contribution in [0.4, 0.5) is 10.5 Å². The van der Waals surface area contributed by atoms with E-state index in [-0.39, 0.29) is 6.04 Å². The van der Waals surface area contributed by atoms with Crippen molar-refractivity contribution in [2.75, 3.05) is 25.7 Å². The number of methoxy groups -OCH3 is 2. The SMILES string of the molecule is COC[C@H](C)N(C(=O)OC)c1ccccc1Br. The second kappa shape index (κ2) is 6.61. The molecule has 5 heteroatoms. The van der Waals surface area contributed by atoms with Gasteiger partial charge in [0.25, 0.3) is 0 Å². The lowest BCUT2D eigenvalue weighted by atomic mass is 10.2. The fourth-order valence-corrected chi connectivity index (χ4v) is 2.05. The lowest BCUT2D eigenvalue weighted by Crippen LogP contribution is -2.41. The summed E-state index contributed by atoms with van der Waals surface area (Å²) < 4.78 is 10.7. The Morgan fingerprint density at radius 2 is 2.06 bits per heavy atom. The van der Waals surface area contributed by atoms with Crippen molar-refractivity contribution in [3.63, 3.8) is 0 Å². The van der Waals surface area contributed by atoms with Gasteiger partial charge in [-0.2, -0.15) is 0 Å². The Kier molecular flexibility index (Phi) is 5.44. The van der Waals surface area contributed by atoms with Crippen LogP contribution in [0, 0.1) is 0 Å². The van der Waals surface area contributed by atoms with E-state index in [4.69, 9.17) is 9.47 Å². The van der Waals surface area contributed by atoms with E-state index in [0.29, 0.717) is 6.61 Å². The van der Waals surface area contributed by atoms with Crippen molar-refractivity contribution in [2.45, 2.75) is 13.0 Å². The minimum atomic E-state index is -0.401. The molecule has 0 radical (unpaired) electrons. The molecule has 1 rings (SSSR count). The number of rotatable bonds is 4. The monoisotopic (exact) mass is 301 g/mol. The van der Waals surface area contributed by atoms with Crippen LogP contribution < -0.4 is 4.90 Å². The van der Waals surface area contributed by atoms with E-state index in [1.54, 1.807) is 12.0 Å². The van der Waals surface area contributed by atoms with Crippen molar-refractivity contribution >= 4 is 27.7 Å². The molecule has 0 aliphatic carbocycles. The van der Waals surface area contributed by atoms with Crippen LogP contribution in [0.1, 0.15) is 6.92 Å². The molecule has 0 heterocycles. The van der Waals surface area contributed by atoms with E-state index in [9.17, 15) is 4.79 Å².